The van der Waals surface area contributed by atoms with Gasteiger partial charge in [0.25, 0.3) is 0 Å². The van der Waals surface area contributed by atoms with Gasteiger partial charge in [0, 0.05) is 0 Å². The van der Waals surface area contributed by atoms with Gasteiger partial charge in [-0.1, -0.05) is 0 Å². The first-order chi connectivity index (χ1) is 5.97. The normalized spacial score (nSPS) is 11.6. The second-order valence-corrected chi connectivity index (χ2v) is 5.51. The molecular formula is C8H11NO2S2. The maximum atomic E-state index is 10.6. The van der Waals surface area contributed by atoms with Gasteiger partial charge in [-0.2, -0.15) is 11.8 Å². The molecule has 0 aliphatic heterocycles. The lowest BCUT2D eigenvalue weighted by atomic mass is 10.2. The molecule has 0 radical (unpaired) electrons. The quantitative estimate of drug-likeness (QED) is 0.845. The van der Waals surface area contributed by atoms with E-state index in [-0.39, 0.29) is 4.75 Å². The summed E-state index contributed by atoms with van der Waals surface area (Å²) in [4.78, 5) is 15.0. The van der Waals surface area contributed by atoms with Crippen molar-refractivity contribution in [2.75, 3.05) is 6.26 Å². The largest absolute Gasteiger partial charge is 0.477 e. The van der Waals surface area contributed by atoms with E-state index >= 15 is 0 Å². The molecule has 0 aromatic carbocycles. The Kier molecular flexibility index (Phi) is 2.98. The molecule has 3 nitrogen and oxygen atoms in total. The maximum absolute atomic E-state index is 10.6. The Morgan fingerprint density at radius 1 is 1.69 bits per heavy atom. The molecule has 0 amide bonds. The fourth-order valence-corrected chi connectivity index (χ4v) is 2.09. The minimum Gasteiger partial charge on any atom is -0.477 e. The Labute approximate surface area is 85.2 Å². The van der Waals surface area contributed by atoms with Crippen LogP contribution in [0.2, 0.25) is 0 Å². The average Bonchev–Trinajstić information content (AvgIpc) is 2.52. The molecular weight excluding hydrogens is 206 g/mol. The number of aromatic carboxylic acids is 1. The van der Waals surface area contributed by atoms with Gasteiger partial charge in [-0.3, -0.25) is 0 Å². The van der Waals surface area contributed by atoms with E-state index < -0.39 is 5.97 Å². The van der Waals surface area contributed by atoms with Crippen molar-refractivity contribution in [3.05, 3.63) is 16.1 Å². The number of hydrogen-bond donors (Lipinski definition) is 1. The van der Waals surface area contributed by atoms with Crippen LogP contribution in [0.1, 0.15) is 28.5 Å². The van der Waals surface area contributed by atoms with Crippen LogP contribution in [0.15, 0.2) is 6.20 Å². The molecule has 5 heteroatoms. The summed E-state index contributed by atoms with van der Waals surface area (Å²) < 4.78 is -0.0988. The van der Waals surface area contributed by atoms with Crippen molar-refractivity contribution in [2.24, 2.45) is 0 Å². The number of hydrogen-bond acceptors (Lipinski definition) is 4. The molecule has 1 rings (SSSR count). The third-order valence-electron chi connectivity index (χ3n) is 1.74. The highest BCUT2D eigenvalue weighted by atomic mass is 32.2. The molecule has 13 heavy (non-hydrogen) atoms. The molecule has 1 heterocycles. The molecule has 1 aromatic heterocycles. The topological polar surface area (TPSA) is 50.2 Å². The molecule has 0 saturated heterocycles. The third kappa shape index (κ3) is 2.22. The number of carboxylic acids is 1. The fraction of sp³-hybridized carbons (Fsp3) is 0.500. The van der Waals surface area contributed by atoms with Crippen LogP contribution in [-0.4, -0.2) is 22.3 Å². The van der Waals surface area contributed by atoms with Gasteiger partial charge < -0.3 is 5.11 Å². The zero-order valence-corrected chi connectivity index (χ0v) is 9.33. The average molecular weight is 217 g/mol. The number of aromatic nitrogens is 1. The third-order valence-corrected chi connectivity index (χ3v) is 4.39. The van der Waals surface area contributed by atoms with Crippen LogP contribution in [0.4, 0.5) is 0 Å². The van der Waals surface area contributed by atoms with E-state index in [4.69, 9.17) is 5.11 Å². The molecule has 72 valence electrons. The van der Waals surface area contributed by atoms with Crippen LogP contribution in [0.5, 0.6) is 0 Å². The second-order valence-electron chi connectivity index (χ2n) is 3.05. The summed E-state index contributed by atoms with van der Waals surface area (Å²) in [5, 5.41) is 9.56. The van der Waals surface area contributed by atoms with Gasteiger partial charge in [0.1, 0.15) is 9.88 Å². The molecule has 1 aromatic rings. The summed E-state index contributed by atoms with van der Waals surface area (Å²) >= 11 is 2.90. The van der Waals surface area contributed by atoms with Crippen LogP contribution in [0.3, 0.4) is 0 Å². The molecule has 0 bridgehead atoms. The van der Waals surface area contributed by atoms with E-state index in [1.54, 1.807) is 11.8 Å². The van der Waals surface area contributed by atoms with Crippen molar-refractivity contribution in [1.29, 1.82) is 0 Å². The Morgan fingerprint density at radius 3 is 2.69 bits per heavy atom. The van der Waals surface area contributed by atoms with Crippen LogP contribution in [0, 0.1) is 0 Å². The number of carboxylic acid groups (broad SMARTS) is 1. The summed E-state index contributed by atoms with van der Waals surface area (Å²) in [6.07, 6.45) is 3.40. The van der Waals surface area contributed by atoms with Crippen molar-refractivity contribution in [1.82, 2.24) is 4.98 Å². The predicted octanol–water partition coefficient (Wildman–Crippen LogP) is 2.44. The number of nitrogens with zero attached hydrogens (tertiary/aromatic N) is 1. The molecule has 0 aliphatic carbocycles. The lowest BCUT2D eigenvalue weighted by Gasteiger charge is -2.17. The van der Waals surface area contributed by atoms with Crippen molar-refractivity contribution in [3.8, 4) is 0 Å². The second kappa shape index (κ2) is 3.67. The first kappa shape index (κ1) is 10.5. The summed E-state index contributed by atoms with van der Waals surface area (Å²) in [5.41, 5.74) is 0. The number of rotatable bonds is 3. The number of carbonyl (C=O) groups is 1. The lowest BCUT2D eigenvalue weighted by Crippen LogP contribution is -2.09. The SMILES string of the molecule is CSC(C)(C)c1ncc(C(=O)O)s1. The number of thiazole rings is 1. The minimum atomic E-state index is -0.902. The molecule has 0 fully saturated rings. The van der Waals surface area contributed by atoms with Gasteiger partial charge in [-0.05, 0) is 20.1 Å². The smallest absolute Gasteiger partial charge is 0.347 e. The molecule has 0 aliphatic rings. The minimum absolute atomic E-state index is 0.0988. The monoisotopic (exact) mass is 217 g/mol. The van der Waals surface area contributed by atoms with Crippen LogP contribution >= 0.6 is 23.1 Å². The van der Waals surface area contributed by atoms with Crippen LogP contribution < -0.4 is 0 Å². The van der Waals surface area contributed by atoms with Crippen LogP contribution in [0.25, 0.3) is 0 Å². The van der Waals surface area contributed by atoms with E-state index in [9.17, 15) is 4.79 Å². The van der Waals surface area contributed by atoms with E-state index in [1.807, 2.05) is 20.1 Å². The predicted molar refractivity (Wildman–Crippen MR) is 55.6 cm³/mol. The summed E-state index contributed by atoms with van der Waals surface area (Å²) in [5.74, 6) is -0.902. The summed E-state index contributed by atoms with van der Waals surface area (Å²) in [6.45, 7) is 4.06. The van der Waals surface area contributed by atoms with Gasteiger partial charge in [-0.25, -0.2) is 9.78 Å². The zero-order valence-electron chi connectivity index (χ0n) is 7.70. The van der Waals surface area contributed by atoms with Gasteiger partial charge in [0.15, 0.2) is 0 Å². The van der Waals surface area contributed by atoms with E-state index in [2.05, 4.69) is 4.98 Å². The van der Waals surface area contributed by atoms with Gasteiger partial charge >= 0.3 is 5.97 Å². The van der Waals surface area contributed by atoms with Crippen LogP contribution in [-0.2, 0) is 4.75 Å². The first-order valence-electron chi connectivity index (χ1n) is 3.72. The zero-order chi connectivity index (χ0) is 10.1. The van der Waals surface area contributed by atoms with E-state index in [1.165, 1.54) is 17.5 Å². The molecule has 1 N–H and O–H groups in total. The van der Waals surface area contributed by atoms with Gasteiger partial charge in [-0.15, -0.1) is 11.3 Å². The Bertz CT molecular complexity index is 320. The van der Waals surface area contributed by atoms with Crippen molar-refractivity contribution in [3.63, 3.8) is 0 Å². The Morgan fingerprint density at radius 2 is 2.31 bits per heavy atom. The Hall–Kier alpha value is -0.550. The fourth-order valence-electron chi connectivity index (χ4n) is 0.739. The lowest BCUT2D eigenvalue weighted by molar-refractivity contribution is 0.0702. The maximum Gasteiger partial charge on any atom is 0.347 e. The molecule has 0 unspecified atom stereocenters. The highest BCUT2D eigenvalue weighted by Crippen LogP contribution is 2.35. The van der Waals surface area contributed by atoms with E-state index in [0.29, 0.717) is 4.88 Å². The van der Waals surface area contributed by atoms with Gasteiger partial charge in [0.2, 0.25) is 0 Å². The number of thioether (sulfide) groups is 1. The summed E-state index contributed by atoms with van der Waals surface area (Å²) in [7, 11) is 0. The summed E-state index contributed by atoms with van der Waals surface area (Å²) in [6, 6.07) is 0. The molecule has 0 spiro atoms. The molecule has 0 atom stereocenters. The van der Waals surface area contributed by atoms with E-state index in [0.717, 1.165) is 5.01 Å². The van der Waals surface area contributed by atoms with Gasteiger partial charge in [0.05, 0.1) is 10.9 Å². The highest BCUT2D eigenvalue weighted by Gasteiger charge is 2.24. The first-order valence-corrected chi connectivity index (χ1v) is 5.76. The van der Waals surface area contributed by atoms with Crippen molar-refractivity contribution < 1.29 is 9.90 Å². The highest BCUT2D eigenvalue weighted by molar-refractivity contribution is 7.99. The standard InChI is InChI=1S/C8H11NO2S2/c1-8(2,12-3)7-9-4-5(13-7)6(10)11/h4H,1-3H3,(H,10,11). The van der Waals surface area contributed by atoms with Crippen molar-refractivity contribution >= 4 is 29.1 Å². The molecule has 0 saturated carbocycles. The Balaban J connectivity index is 2.98. The van der Waals surface area contributed by atoms with Crippen molar-refractivity contribution in [2.45, 2.75) is 18.6 Å².